The predicted molar refractivity (Wildman–Crippen MR) is 78.6 cm³/mol. The standard InChI is InChI=1S/C14H25BrS/c15-11-14(9-5-1-2-6-10-14)12-16-13-7-3-4-8-13/h13H,1-12H2. The van der Waals surface area contributed by atoms with Crippen LogP contribution in [0.5, 0.6) is 0 Å². The highest BCUT2D eigenvalue weighted by molar-refractivity contribution is 9.09. The molecule has 2 aliphatic carbocycles. The van der Waals surface area contributed by atoms with Crippen molar-refractivity contribution in [3.05, 3.63) is 0 Å². The number of hydrogen-bond donors (Lipinski definition) is 0. The van der Waals surface area contributed by atoms with Crippen LogP contribution in [-0.2, 0) is 0 Å². The van der Waals surface area contributed by atoms with Gasteiger partial charge >= 0.3 is 0 Å². The molecule has 0 aromatic rings. The monoisotopic (exact) mass is 304 g/mol. The Morgan fingerprint density at radius 1 is 0.938 bits per heavy atom. The molecule has 0 atom stereocenters. The first kappa shape index (κ1) is 13.3. The first-order chi connectivity index (χ1) is 7.85. The highest BCUT2D eigenvalue weighted by Gasteiger charge is 2.31. The lowest BCUT2D eigenvalue weighted by Crippen LogP contribution is -2.26. The summed E-state index contributed by atoms with van der Waals surface area (Å²) in [4.78, 5) is 0. The van der Waals surface area contributed by atoms with Gasteiger partial charge in [-0.25, -0.2) is 0 Å². The maximum absolute atomic E-state index is 3.80. The van der Waals surface area contributed by atoms with Crippen LogP contribution in [0.4, 0.5) is 0 Å². The van der Waals surface area contributed by atoms with Crippen LogP contribution in [0.1, 0.15) is 64.2 Å². The molecule has 94 valence electrons. The molecule has 16 heavy (non-hydrogen) atoms. The molecule has 2 fully saturated rings. The van der Waals surface area contributed by atoms with E-state index in [0.717, 1.165) is 5.25 Å². The topological polar surface area (TPSA) is 0 Å². The summed E-state index contributed by atoms with van der Waals surface area (Å²) in [6, 6.07) is 0. The summed E-state index contributed by atoms with van der Waals surface area (Å²) in [5, 5.41) is 2.24. The third kappa shape index (κ3) is 3.66. The Morgan fingerprint density at radius 2 is 1.56 bits per heavy atom. The minimum absolute atomic E-state index is 0.643. The van der Waals surface area contributed by atoms with Gasteiger partial charge in [-0.1, -0.05) is 54.5 Å². The van der Waals surface area contributed by atoms with Crippen molar-refractivity contribution in [3.63, 3.8) is 0 Å². The van der Waals surface area contributed by atoms with Gasteiger partial charge in [0.05, 0.1) is 0 Å². The molecule has 2 heteroatoms. The Bertz CT molecular complexity index is 191. The van der Waals surface area contributed by atoms with Crippen molar-refractivity contribution in [1.29, 1.82) is 0 Å². The molecule has 2 saturated carbocycles. The van der Waals surface area contributed by atoms with Crippen molar-refractivity contribution < 1.29 is 0 Å². The molecular weight excluding hydrogens is 280 g/mol. The number of alkyl halides is 1. The zero-order chi connectivity index (χ0) is 11.3. The SMILES string of the molecule is BrCC1(CSC2CCCC2)CCCCCC1. The van der Waals surface area contributed by atoms with Gasteiger partial charge < -0.3 is 0 Å². The fourth-order valence-electron chi connectivity index (χ4n) is 3.14. The fraction of sp³-hybridized carbons (Fsp3) is 1.00. The molecule has 2 rings (SSSR count). The first-order valence-corrected chi connectivity index (χ1v) is 9.19. The molecule has 0 unspecified atom stereocenters. The second kappa shape index (κ2) is 6.68. The number of rotatable bonds is 4. The highest BCUT2D eigenvalue weighted by atomic mass is 79.9. The summed E-state index contributed by atoms with van der Waals surface area (Å²) in [7, 11) is 0. The average Bonchev–Trinajstić information content (AvgIpc) is 2.72. The zero-order valence-corrected chi connectivity index (χ0v) is 12.8. The van der Waals surface area contributed by atoms with E-state index < -0.39 is 0 Å². The molecular formula is C14H25BrS. The lowest BCUT2D eigenvalue weighted by Gasteiger charge is -2.31. The third-order valence-corrected chi connectivity index (χ3v) is 7.29. The van der Waals surface area contributed by atoms with Gasteiger partial charge in [-0.3, -0.25) is 0 Å². The van der Waals surface area contributed by atoms with Gasteiger partial charge in [0, 0.05) is 10.6 Å². The molecule has 0 nitrogen and oxygen atoms in total. The third-order valence-electron chi connectivity index (χ3n) is 4.38. The minimum Gasteiger partial charge on any atom is -0.158 e. The van der Waals surface area contributed by atoms with Crippen LogP contribution in [0.15, 0.2) is 0 Å². The van der Waals surface area contributed by atoms with Crippen molar-refractivity contribution in [2.75, 3.05) is 11.1 Å². The summed E-state index contributed by atoms with van der Waals surface area (Å²) < 4.78 is 0. The molecule has 0 saturated heterocycles. The van der Waals surface area contributed by atoms with Crippen LogP contribution in [0.3, 0.4) is 0 Å². The second-order valence-corrected chi connectivity index (χ2v) is 7.61. The van der Waals surface area contributed by atoms with Crippen LogP contribution in [0, 0.1) is 5.41 Å². The Hall–Kier alpha value is 0.830. The van der Waals surface area contributed by atoms with Crippen LogP contribution >= 0.6 is 27.7 Å². The Labute approximate surface area is 113 Å². The lowest BCUT2D eigenvalue weighted by atomic mass is 9.85. The Balaban J connectivity index is 1.81. The van der Waals surface area contributed by atoms with Gasteiger partial charge in [0.1, 0.15) is 0 Å². The van der Waals surface area contributed by atoms with E-state index in [1.165, 1.54) is 75.3 Å². The highest BCUT2D eigenvalue weighted by Crippen LogP contribution is 2.42. The van der Waals surface area contributed by atoms with E-state index in [0.29, 0.717) is 5.41 Å². The van der Waals surface area contributed by atoms with E-state index in [-0.39, 0.29) is 0 Å². The lowest BCUT2D eigenvalue weighted by molar-refractivity contribution is 0.334. The fourth-order valence-corrected chi connectivity index (χ4v) is 5.81. The van der Waals surface area contributed by atoms with Crippen LogP contribution in [0.2, 0.25) is 0 Å². The van der Waals surface area contributed by atoms with Crippen molar-refractivity contribution in [3.8, 4) is 0 Å². The molecule has 0 bridgehead atoms. The van der Waals surface area contributed by atoms with E-state index in [2.05, 4.69) is 27.7 Å². The van der Waals surface area contributed by atoms with Crippen LogP contribution in [0.25, 0.3) is 0 Å². The summed E-state index contributed by atoms with van der Waals surface area (Å²) in [5.74, 6) is 1.42. The summed E-state index contributed by atoms with van der Waals surface area (Å²) in [6.45, 7) is 0. The molecule has 0 aliphatic heterocycles. The molecule has 0 spiro atoms. The molecule has 0 radical (unpaired) electrons. The number of hydrogen-bond acceptors (Lipinski definition) is 1. The van der Waals surface area contributed by atoms with Crippen LogP contribution in [-0.4, -0.2) is 16.3 Å². The Kier molecular flexibility index (Phi) is 5.54. The van der Waals surface area contributed by atoms with Gasteiger partial charge in [-0.2, -0.15) is 11.8 Å². The molecule has 0 aromatic carbocycles. The largest absolute Gasteiger partial charge is 0.158 e. The van der Waals surface area contributed by atoms with Crippen LogP contribution < -0.4 is 0 Å². The molecule has 0 amide bonds. The van der Waals surface area contributed by atoms with Crippen molar-refractivity contribution in [2.45, 2.75) is 69.5 Å². The predicted octanol–water partition coefficient (Wildman–Crippen LogP) is 5.40. The number of thioether (sulfide) groups is 1. The van der Waals surface area contributed by atoms with E-state index in [9.17, 15) is 0 Å². The van der Waals surface area contributed by atoms with Crippen molar-refractivity contribution >= 4 is 27.7 Å². The minimum atomic E-state index is 0.643. The van der Waals surface area contributed by atoms with Gasteiger partial charge in [0.25, 0.3) is 0 Å². The van der Waals surface area contributed by atoms with E-state index in [4.69, 9.17) is 0 Å². The number of halogens is 1. The zero-order valence-electron chi connectivity index (χ0n) is 10.3. The van der Waals surface area contributed by atoms with Gasteiger partial charge in [-0.15, -0.1) is 0 Å². The second-order valence-electron chi connectivity index (χ2n) is 5.77. The molecule has 2 aliphatic rings. The van der Waals surface area contributed by atoms with E-state index in [1.807, 2.05) is 0 Å². The maximum Gasteiger partial charge on any atom is 0.00958 e. The summed E-state index contributed by atoms with van der Waals surface area (Å²) in [6.07, 6.45) is 14.8. The van der Waals surface area contributed by atoms with Gasteiger partial charge in [-0.05, 0) is 36.9 Å². The molecule has 0 heterocycles. The molecule has 0 aromatic heterocycles. The maximum atomic E-state index is 3.80. The van der Waals surface area contributed by atoms with Gasteiger partial charge in [0.15, 0.2) is 0 Å². The van der Waals surface area contributed by atoms with Gasteiger partial charge in [0.2, 0.25) is 0 Å². The van der Waals surface area contributed by atoms with E-state index in [1.54, 1.807) is 0 Å². The van der Waals surface area contributed by atoms with Crippen molar-refractivity contribution in [2.24, 2.45) is 5.41 Å². The summed E-state index contributed by atoms with van der Waals surface area (Å²) in [5.41, 5.74) is 0.643. The average molecular weight is 305 g/mol. The quantitative estimate of drug-likeness (QED) is 0.495. The Morgan fingerprint density at radius 3 is 2.12 bits per heavy atom. The van der Waals surface area contributed by atoms with E-state index >= 15 is 0 Å². The first-order valence-electron chi connectivity index (χ1n) is 7.02. The van der Waals surface area contributed by atoms with Crippen molar-refractivity contribution in [1.82, 2.24) is 0 Å². The molecule has 0 N–H and O–H groups in total. The smallest absolute Gasteiger partial charge is 0.00958 e. The normalized spacial score (nSPS) is 26.8. The summed E-state index contributed by atoms with van der Waals surface area (Å²) >= 11 is 6.09.